The molecule has 1 aromatic carbocycles. The number of hydrogen-bond donors (Lipinski definition) is 0. The van der Waals surface area contributed by atoms with Crippen LogP contribution in [0.15, 0.2) is 22.7 Å². The topological polar surface area (TPSA) is 12.5 Å². The van der Waals surface area contributed by atoms with Gasteiger partial charge in [-0.1, -0.05) is 29.8 Å². The van der Waals surface area contributed by atoms with Crippen molar-refractivity contribution in [3.8, 4) is 5.75 Å². The van der Waals surface area contributed by atoms with Gasteiger partial charge in [0.25, 0.3) is 0 Å². The zero-order chi connectivity index (χ0) is 12.0. The molecule has 0 aliphatic carbocycles. The predicted octanol–water partition coefficient (Wildman–Crippen LogP) is 3.48. The molecule has 90 valence electrons. The van der Waals surface area contributed by atoms with Crippen LogP contribution in [0.5, 0.6) is 5.75 Å². The van der Waals surface area contributed by atoms with E-state index in [1.54, 1.807) is 0 Å². The van der Waals surface area contributed by atoms with Crippen LogP contribution >= 0.6 is 15.9 Å². The smallest absolute Gasteiger partial charge is 0.122 e. The lowest BCUT2D eigenvalue weighted by Crippen LogP contribution is -2.27. The fourth-order valence-electron chi connectivity index (χ4n) is 1.60. The Labute approximate surface area is 107 Å². The molecule has 0 aliphatic rings. The van der Waals surface area contributed by atoms with Crippen molar-refractivity contribution in [3.05, 3.63) is 28.2 Å². The highest BCUT2D eigenvalue weighted by Crippen LogP contribution is 2.21. The van der Waals surface area contributed by atoms with E-state index in [0.29, 0.717) is 0 Å². The molecule has 0 saturated heterocycles. The van der Waals surface area contributed by atoms with Gasteiger partial charge >= 0.3 is 0 Å². The minimum Gasteiger partial charge on any atom is -0.492 e. The van der Waals surface area contributed by atoms with Crippen molar-refractivity contribution in [3.63, 3.8) is 0 Å². The molecular formula is C13H20BrNO. The number of benzene rings is 1. The SMILES string of the molecule is CCN(CC)CCOc1ccc(Br)cc1C. The average Bonchev–Trinajstić information content (AvgIpc) is 2.27. The highest BCUT2D eigenvalue weighted by Gasteiger charge is 2.02. The second-order valence-electron chi connectivity index (χ2n) is 3.79. The van der Waals surface area contributed by atoms with Gasteiger partial charge in [-0.2, -0.15) is 0 Å². The van der Waals surface area contributed by atoms with Gasteiger partial charge in [0, 0.05) is 11.0 Å². The van der Waals surface area contributed by atoms with Crippen LogP contribution in [0.4, 0.5) is 0 Å². The first-order valence-electron chi connectivity index (χ1n) is 5.78. The Morgan fingerprint density at radius 2 is 1.94 bits per heavy atom. The molecule has 0 heterocycles. The van der Waals surface area contributed by atoms with Crippen LogP contribution in [-0.4, -0.2) is 31.1 Å². The molecule has 0 fully saturated rings. The molecule has 0 amide bonds. The van der Waals surface area contributed by atoms with Crippen LogP contribution in [0.3, 0.4) is 0 Å². The van der Waals surface area contributed by atoms with Gasteiger partial charge in [-0.05, 0) is 43.8 Å². The van der Waals surface area contributed by atoms with E-state index in [0.717, 1.165) is 36.5 Å². The van der Waals surface area contributed by atoms with Crippen molar-refractivity contribution in [2.75, 3.05) is 26.2 Å². The zero-order valence-electron chi connectivity index (χ0n) is 10.3. The van der Waals surface area contributed by atoms with Gasteiger partial charge in [0.2, 0.25) is 0 Å². The molecule has 2 nitrogen and oxygen atoms in total. The lowest BCUT2D eigenvalue weighted by atomic mass is 10.2. The van der Waals surface area contributed by atoms with E-state index >= 15 is 0 Å². The molecule has 3 heteroatoms. The minimum absolute atomic E-state index is 0.754. The molecular weight excluding hydrogens is 266 g/mol. The summed E-state index contributed by atoms with van der Waals surface area (Å²) in [5.41, 5.74) is 1.17. The number of likely N-dealkylation sites (N-methyl/N-ethyl adjacent to an activating group) is 1. The van der Waals surface area contributed by atoms with Crippen LogP contribution in [-0.2, 0) is 0 Å². The molecule has 0 spiro atoms. The third-order valence-electron chi connectivity index (χ3n) is 2.70. The molecule has 0 radical (unpaired) electrons. The van der Waals surface area contributed by atoms with Crippen molar-refractivity contribution in [1.82, 2.24) is 4.90 Å². The molecule has 0 unspecified atom stereocenters. The Kier molecular flexibility index (Phi) is 5.85. The highest BCUT2D eigenvalue weighted by atomic mass is 79.9. The fourth-order valence-corrected chi connectivity index (χ4v) is 2.07. The molecule has 1 rings (SSSR count). The normalized spacial score (nSPS) is 10.8. The second-order valence-corrected chi connectivity index (χ2v) is 4.70. The van der Waals surface area contributed by atoms with Gasteiger partial charge in [0.05, 0.1) is 0 Å². The zero-order valence-corrected chi connectivity index (χ0v) is 11.9. The first-order valence-corrected chi connectivity index (χ1v) is 6.58. The van der Waals surface area contributed by atoms with Gasteiger partial charge in [0.1, 0.15) is 12.4 Å². The summed E-state index contributed by atoms with van der Waals surface area (Å²) in [5.74, 6) is 0.982. The number of aryl methyl sites for hydroxylation is 1. The van der Waals surface area contributed by atoms with Crippen LogP contribution in [0.1, 0.15) is 19.4 Å². The van der Waals surface area contributed by atoms with Gasteiger partial charge in [0.15, 0.2) is 0 Å². The molecule has 0 saturated carbocycles. The van der Waals surface area contributed by atoms with Gasteiger partial charge < -0.3 is 9.64 Å². The Balaban J connectivity index is 2.42. The number of ether oxygens (including phenoxy) is 1. The predicted molar refractivity (Wildman–Crippen MR) is 72.2 cm³/mol. The van der Waals surface area contributed by atoms with Gasteiger partial charge in [-0.25, -0.2) is 0 Å². The first-order chi connectivity index (χ1) is 7.67. The summed E-state index contributed by atoms with van der Waals surface area (Å²) in [6, 6.07) is 6.11. The number of hydrogen-bond acceptors (Lipinski definition) is 2. The summed E-state index contributed by atoms with van der Waals surface area (Å²) in [6.45, 7) is 10.3. The Hall–Kier alpha value is -0.540. The molecule has 0 atom stereocenters. The average molecular weight is 286 g/mol. The van der Waals surface area contributed by atoms with E-state index in [1.165, 1.54) is 5.56 Å². The third-order valence-corrected chi connectivity index (χ3v) is 3.19. The summed E-state index contributed by atoms with van der Waals surface area (Å²) in [7, 11) is 0. The van der Waals surface area contributed by atoms with E-state index in [4.69, 9.17) is 4.74 Å². The van der Waals surface area contributed by atoms with Crippen LogP contribution < -0.4 is 4.74 Å². The highest BCUT2D eigenvalue weighted by molar-refractivity contribution is 9.10. The van der Waals surface area contributed by atoms with Gasteiger partial charge in [-0.15, -0.1) is 0 Å². The monoisotopic (exact) mass is 285 g/mol. The first kappa shape index (κ1) is 13.5. The van der Waals surface area contributed by atoms with E-state index in [2.05, 4.69) is 47.7 Å². The van der Waals surface area contributed by atoms with E-state index in [-0.39, 0.29) is 0 Å². The number of rotatable bonds is 6. The molecule has 0 aliphatic heterocycles. The molecule has 1 aromatic rings. The van der Waals surface area contributed by atoms with Crippen molar-refractivity contribution in [1.29, 1.82) is 0 Å². The van der Waals surface area contributed by atoms with E-state index in [9.17, 15) is 0 Å². The third kappa shape index (κ3) is 4.14. The van der Waals surface area contributed by atoms with Crippen LogP contribution in [0.2, 0.25) is 0 Å². The lowest BCUT2D eigenvalue weighted by molar-refractivity contribution is 0.222. The van der Waals surface area contributed by atoms with Crippen molar-refractivity contribution in [2.45, 2.75) is 20.8 Å². The Morgan fingerprint density at radius 1 is 1.25 bits per heavy atom. The molecule has 0 aromatic heterocycles. The fraction of sp³-hybridized carbons (Fsp3) is 0.538. The van der Waals surface area contributed by atoms with Crippen LogP contribution in [0, 0.1) is 6.92 Å². The van der Waals surface area contributed by atoms with Crippen molar-refractivity contribution >= 4 is 15.9 Å². The quantitative estimate of drug-likeness (QED) is 0.794. The van der Waals surface area contributed by atoms with Crippen molar-refractivity contribution < 1.29 is 4.74 Å². The molecule has 0 N–H and O–H groups in total. The van der Waals surface area contributed by atoms with Crippen LogP contribution in [0.25, 0.3) is 0 Å². The molecule has 16 heavy (non-hydrogen) atoms. The van der Waals surface area contributed by atoms with E-state index < -0.39 is 0 Å². The maximum Gasteiger partial charge on any atom is 0.122 e. The maximum atomic E-state index is 5.76. The van der Waals surface area contributed by atoms with Gasteiger partial charge in [-0.3, -0.25) is 0 Å². The summed E-state index contributed by atoms with van der Waals surface area (Å²) in [4.78, 5) is 2.36. The number of halogens is 1. The largest absolute Gasteiger partial charge is 0.492 e. The Morgan fingerprint density at radius 3 is 2.50 bits per heavy atom. The molecule has 0 bridgehead atoms. The lowest BCUT2D eigenvalue weighted by Gasteiger charge is -2.18. The summed E-state index contributed by atoms with van der Waals surface area (Å²) < 4.78 is 6.86. The number of nitrogens with zero attached hydrogens (tertiary/aromatic N) is 1. The van der Waals surface area contributed by atoms with Crippen molar-refractivity contribution in [2.24, 2.45) is 0 Å². The maximum absolute atomic E-state index is 5.76. The Bertz CT molecular complexity index is 324. The second kappa shape index (κ2) is 6.92. The summed E-state index contributed by atoms with van der Waals surface area (Å²) in [5, 5.41) is 0. The van der Waals surface area contributed by atoms with E-state index in [1.807, 2.05) is 12.1 Å². The summed E-state index contributed by atoms with van der Waals surface area (Å²) >= 11 is 3.45. The standard InChI is InChI=1S/C13H20BrNO/c1-4-15(5-2)8-9-16-13-7-6-12(14)10-11(13)3/h6-7,10H,4-5,8-9H2,1-3H3. The summed E-state index contributed by atoms with van der Waals surface area (Å²) in [6.07, 6.45) is 0. The minimum atomic E-state index is 0.754.